The summed E-state index contributed by atoms with van der Waals surface area (Å²) in [5.41, 5.74) is 1.31. The van der Waals surface area contributed by atoms with Gasteiger partial charge in [-0.1, -0.05) is 36.4 Å². The van der Waals surface area contributed by atoms with Crippen LogP contribution in [0.15, 0.2) is 43.0 Å². The maximum atomic E-state index is 6.01. The van der Waals surface area contributed by atoms with Crippen LogP contribution in [0.4, 0.5) is 0 Å². The zero-order valence-corrected chi connectivity index (χ0v) is 12.7. The van der Waals surface area contributed by atoms with Gasteiger partial charge < -0.3 is 18.9 Å². The van der Waals surface area contributed by atoms with Gasteiger partial charge in [0, 0.05) is 20.1 Å². The van der Waals surface area contributed by atoms with Crippen molar-refractivity contribution in [3.8, 4) is 0 Å². The fourth-order valence-corrected chi connectivity index (χ4v) is 2.54. The van der Waals surface area contributed by atoms with Crippen LogP contribution in [-0.2, 0) is 25.4 Å². The maximum Gasteiger partial charge on any atom is 0.209 e. The van der Waals surface area contributed by atoms with Gasteiger partial charge in [0.05, 0.1) is 12.7 Å². The lowest BCUT2D eigenvalue weighted by Gasteiger charge is -2.37. The van der Waals surface area contributed by atoms with Crippen molar-refractivity contribution in [2.45, 2.75) is 31.5 Å². The molecule has 0 unspecified atom stereocenters. The van der Waals surface area contributed by atoms with Gasteiger partial charge in [-0.05, 0) is 18.4 Å². The van der Waals surface area contributed by atoms with Crippen molar-refractivity contribution in [3.63, 3.8) is 0 Å². The molecular formula is C17H24O4. The molecule has 2 rings (SSSR count). The molecular weight excluding hydrogens is 268 g/mol. The zero-order chi connectivity index (χ0) is 15.1. The summed E-state index contributed by atoms with van der Waals surface area (Å²) < 4.78 is 22.1. The summed E-state index contributed by atoms with van der Waals surface area (Å²) in [7, 11) is 3.17. The number of hydrogen-bond acceptors (Lipinski definition) is 4. The van der Waals surface area contributed by atoms with Crippen molar-refractivity contribution >= 4 is 0 Å². The second kappa shape index (κ2) is 8.29. The molecule has 1 aromatic rings. The van der Waals surface area contributed by atoms with E-state index < -0.39 is 12.6 Å². The Balaban J connectivity index is 1.95. The standard InChI is InChI=1S/C17H24O4/c1-4-14-12-20-17(16(18-2)19-3)21-15(14)11-10-13-8-6-5-7-9-13/h4-9,14-17H,1,10-12H2,2-3H3/t14-,15+,17-/m0/s1. The molecule has 0 saturated carbocycles. The fourth-order valence-electron chi connectivity index (χ4n) is 2.54. The summed E-state index contributed by atoms with van der Waals surface area (Å²) in [6.45, 7) is 4.46. The molecule has 1 heterocycles. The summed E-state index contributed by atoms with van der Waals surface area (Å²) in [5, 5.41) is 0. The van der Waals surface area contributed by atoms with E-state index in [2.05, 4.69) is 30.8 Å². The summed E-state index contributed by atoms with van der Waals surface area (Å²) in [4.78, 5) is 0. The molecule has 4 nitrogen and oxygen atoms in total. The van der Waals surface area contributed by atoms with E-state index >= 15 is 0 Å². The predicted molar refractivity (Wildman–Crippen MR) is 80.9 cm³/mol. The Labute approximate surface area is 126 Å². The second-order valence-corrected chi connectivity index (χ2v) is 5.14. The first-order chi connectivity index (χ1) is 10.3. The van der Waals surface area contributed by atoms with Crippen LogP contribution < -0.4 is 0 Å². The van der Waals surface area contributed by atoms with Gasteiger partial charge in [0.15, 0.2) is 0 Å². The molecule has 0 spiro atoms. The normalized spacial score (nSPS) is 26.0. The molecule has 1 aliphatic heterocycles. The minimum atomic E-state index is -0.505. The van der Waals surface area contributed by atoms with Gasteiger partial charge in [-0.2, -0.15) is 0 Å². The maximum absolute atomic E-state index is 6.01. The lowest BCUT2D eigenvalue weighted by molar-refractivity contribution is -0.315. The van der Waals surface area contributed by atoms with Gasteiger partial charge in [0.25, 0.3) is 0 Å². The number of hydrogen-bond donors (Lipinski definition) is 0. The predicted octanol–water partition coefficient (Wildman–Crippen LogP) is 2.78. The van der Waals surface area contributed by atoms with Crippen LogP contribution in [0.3, 0.4) is 0 Å². The van der Waals surface area contributed by atoms with Crippen molar-refractivity contribution in [2.75, 3.05) is 20.8 Å². The molecule has 0 aliphatic carbocycles. The molecule has 0 N–H and O–H groups in total. The topological polar surface area (TPSA) is 36.9 Å². The van der Waals surface area contributed by atoms with Crippen LogP contribution in [0, 0.1) is 5.92 Å². The highest BCUT2D eigenvalue weighted by Crippen LogP contribution is 2.26. The van der Waals surface area contributed by atoms with Crippen molar-refractivity contribution < 1.29 is 18.9 Å². The van der Waals surface area contributed by atoms with Gasteiger partial charge >= 0.3 is 0 Å². The number of aryl methyl sites for hydroxylation is 1. The van der Waals surface area contributed by atoms with Crippen molar-refractivity contribution in [1.82, 2.24) is 0 Å². The number of methoxy groups -OCH3 is 2. The monoisotopic (exact) mass is 292 g/mol. The Hall–Kier alpha value is -1.20. The van der Waals surface area contributed by atoms with E-state index in [1.807, 2.05) is 12.1 Å². The van der Waals surface area contributed by atoms with Crippen LogP contribution in [-0.4, -0.2) is 39.5 Å². The Morgan fingerprint density at radius 3 is 2.62 bits per heavy atom. The number of benzene rings is 1. The highest BCUT2D eigenvalue weighted by atomic mass is 16.8. The molecule has 3 atom stereocenters. The molecule has 1 fully saturated rings. The quantitative estimate of drug-likeness (QED) is 0.572. The van der Waals surface area contributed by atoms with Crippen LogP contribution in [0.5, 0.6) is 0 Å². The summed E-state index contributed by atoms with van der Waals surface area (Å²) in [6, 6.07) is 10.4. The van der Waals surface area contributed by atoms with Crippen molar-refractivity contribution in [2.24, 2.45) is 5.92 Å². The minimum absolute atomic E-state index is 0.0641. The molecule has 0 radical (unpaired) electrons. The number of ether oxygens (including phenoxy) is 4. The Bertz CT molecular complexity index is 416. The molecule has 4 heteroatoms. The minimum Gasteiger partial charge on any atom is -0.351 e. The third-order valence-corrected chi connectivity index (χ3v) is 3.79. The average Bonchev–Trinajstić information content (AvgIpc) is 2.55. The average molecular weight is 292 g/mol. The summed E-state index contributed by atoms with van der Waals surface area (Å²) in [6.07, 6.45) is 2.86. The van der Waals surface area contributed by atoms with Gasteiger partial charge in [-0.3, -0.25) is 0 Å². The van der Waals surface area contributed by atoms with E-state index in [-0.39, 0.29) is 12.0 Å². The Morgan fingerprint density at radius 2 is 2.00 bits per heavy atom. The largest absolute Gasteiger partial charge is 0.351 e. The van der Waals surface area contributed by atoms with E-state index in [4.69, 9.17) is 18.9 Å². The van der Waals surface area contributed by atoms with E-state index in [0.29, 0.717) is 6.61 Å². The molecule has 0 aromatic heterocycles. The van der Waals surface area contributed by atoms with E-state index in [1.165, 1.54) is 5.56 Å². The lowest BCUT2D eigenvalue weighted by Crippen LogP contribution is -2.46. The molecule has 0 bridgehead atoms. The fraction of sp³-hybridized carbons (Fsp3) is 0.529. The zero-order valence-electron chi connectivity index (χ0n) is 12.7. The van der Waals surface area contributed by atoms with Gasteiger partial charge in [0.1, 0.15) is 0 Å². The Morgan fingerprint density at radius 1 is 1.29 bits per heavy atom. The molecule has 1 aliphatic rings. The second-order valence-electron chi connectivity index (χ2n) is 5.14. The number of rotatable bonds is 7. The first-order valence-electron chi connectivity index (χ1n) is 7.27. The summed E-state index contributed by atoms with van der Waals surface area (Å²) >= 11 is 0. The molecule has 1 saturated heterocycles. The van der Waals surface area contributed by atoms with Gasteiger partial charge in [-0.15, -0.1) is 6.58 Å². The highest BCUT2D eigenvalue weighted by Gasteiger charge is 2.34. The SMILES string of the molecule is C=C[C@H]1CO[C@H](C(OC)OC)O[C@@H]1CCc1ccccc1. The molecule has 21 heavy (non-hydrogen) atoms. The molecule has 1 aromatic carbocycles. The van der Waals surface area contributed by atoms with E-state index in [0.717, 1.165) is 12.8 Å². The van der Waals surface area contributed by atoms with Crippen LogP contribution >= 0.6 is 0 Å². The first-order valence-corrected chi connectivity index (χ1v) is 7.27. The van der Waals surface area contributed by atoms with Crippen LogP contribution in [0.1, 0.15) is 12.0 Å². The van der Waals surface area contributed by atoms with E-state index in [9.17, 15) is 0 Å². The highest BCUT2D eigenvalue weighted by molar-refractivity contribution is 5.14. The van der Waals surface area contributed by atoms with Crippen LogP contribution in [0.2, 0.25) is 0 Å². The van der Waals surface area contributed by atoms with Crippen LogP contribution in [0.25, 0.3) is 0 Å². The smallest absolute Gasteiger partial charge is 0.209 e. The summed E-state index contributed by atoms with van der Waals surface area (Å²) in [5.74, 6) is 0.194. The Kier molecular flexibility index (Phi) is 6.39. The molecule has 116 valence electrons. The lowest BCUT2D eigenvalue weighted by atomic mass is 9.96. The van der Waals surface area contributed by atoms with Gasteiger partial charge in [-0.25, -0.2) is 0 Å². The van der Waals surface area contributed by atoms with Crippen molar-refractivity contribution in [3.05, 3.63) is 48.6 Å². The van der Waals surface area contributed by atoms with Gasteiger partial charge in [0.2, 0.25) is 12.6 Å². The third-order valence-electron chi connectivity index (χ3n) is 3.79. The third kappa shape index (κ3) is 4.38. The molecule has 0 amide bonds. The van der Waals surface area contributed by atoms with Crippen molar-refractivity contribution in [1.29, 1.82) is 0 Å². The van der Waals surface area contributed by atoms with E-state index in [1.54, 1.807) is 14.2 Å². The first kappa shape index (κ1) is 16.2.